The lowest BCUT2D eigenvalue weighted by Gasteiger charge is -2.20. The van der Waals surface area contributed by atoms with Gasteiger partial charge in [0.1, 0.15) is 5.82 Å². The molecule has 3 aromatic carbocycles. The lowest BCUT2D eigenvalue weighted by Crippen LogP contribution is -2.04. The summed E-state index contributed by atoms with van der Waals surface area (Å²) in [7, 11) is 0. The summed E-state index contributed by atoms with van der Waals surface area (Å²) in [4.78, 5) is 0. The lowest BCUT2D eigenvalue weighted by molar-refractivity contribution is 0.406. The van der Waals surface area contributed by atoms with Gasteiger partial charge in [-0.15, -0.1) is 0 Å². The SMILES string of the molecule is Oc1ccc(/C=C/C2CC=C(c3ccc(-c4ccc(O)c(F)c4F)cc3F)CC2)c(F)c1F. The minimum absolute atomic E-state index is 0.0274. The zero-order valence-electron chi connectivity index (χ0n) is 17.3. The Morgan fingerprint density at radius 3 is 2.09 bits per heavy atom. The van der Waals surface area contributed by atoms with Crippen LogP contribution in [0.5, 0.6) is 11.5 Å². The van der Waals surface area contributed by atoms with Gasteiger partial charge in [0.25, 0.3) is 0 Å². The molecule has 0 spiro atoms. The van der Waals surface area contributed by atoms with Crippen LogP contribution < -0.4 is 0 Å². The number of phenolic OH excluding ortho intramolecular Hbond substituents is 2. The number of allylic oxidation sites excluding steroid dienone is 3. The average Bonchev–Trinajstić information content (AvgIpc) is 2.81. The van der Waals surface area contributed by atoms with Crippen molar-refractivity contribution in [2.45, 2.75) is 19.3 Å². The largest absolute Gasteiger partial charge is 0.505 e. The highest BCUT2D eigenvalue weighted by molar-refractivity contribution is 5.72. The van der Waals surface area contributed by atoms with Gasteiger partial charge >= 0.3 is 0 Å². The molecule has 0 aliphatic heterocycles. The van der Waals surface area contributed by atoms with Gasteiger partial charge in [0.15, 0.2) is 23.1 Å². The van der Waals surface area contributed by atoms with E-state index >= 15 is 0 Å². The van der Waals surface area contributed by atoms with Crippen LogP contribution in [0.2, 0.25) is 0 Å². The molecule has 7 heteroatoms. The molecule has 0 amide bonds. The molecule has 2 N–H and O–H groups in total. The minimum Gasteiger partial charge on any atom is -0.505 e. The Morgan fingerprint density at radius 1 is 0.758 bits per heavy atom. The van der Waals surface area contributed by atoms with E-state index in [1.807, 2.05) is 6.08 Å². The first-order chi connectivity index (χ1) is 15.8. The Hall–Kier alpha value is -3.61. The summed E-state index contributed by atoms with van der Waals surface area (Å²) in [5.74, 6) is -7.16. The van der Waals surface area contributed by atoms with E-state index in [1.54, 1.807) is 6.08 Å². The molecule has 33 heavy (non-hydrogen) atoms. The quantitative estimate of drug-likeness (QED) is 0.401. The van der Waals surface area contributed by atoms with Gasteiger partial charge in [-0.1, -0.05) is 30.4 Å². The number of phenols is 2. The van der Waals surface area contributed by atoms with Crippen molar-refractivity contribution < 1.29 is 32.2 Å². The predicted molar refractivity (Wildman–Crippen MR) is 116 cm³/mol. The summed E-state index contributed by atoms with van der Waals surface area (Å²) < 4.78 is 69.9. The molecule has 0 radical (unpaired) electrons. The Balaban J connectivity index is 1.50. The Kier molecular flexibility index (Phi) is 6.22. The van der Waals surface area contributed by atoms with Gasteiger partial charge < -0.3 is 10.2 Å². The number of aromatic hydroxyl groups is 2. The molecule has 2 nitrogen and oxygen atoms in total. The molecule has 4 rings (SSSR count). The maximum absolute atomic E-state index is 14.8. The molecule has 0 bridgehead atoms. The van der Waals surface area contributed by atoms with Gasteiger partial charge in [-0.25, -0.2) is 13.2 Å². The van der Waals surface area contributed by atoms with Crippen molar-refractivity contribution in [1.29, 1.82) is 0 Å². The molecule has 0 heterocycles. The van der Waals surface area contributed by atoms with E-state index in [0.29, 0.717) is 24.8 Å². The third-order valence-corrected chi connectivity index (χ3v) is 5.78. The average molecular weight is 458 g/mol. The highest BCUT2D eigenvalue weighted by Gasteiger charge is 2.19. The van der Waals surface area contributed by atoms with Crippen LogP contribution in [0.4, 0.5) is 22.0 Å². The van der Waals surface area contributed by atoms with Gasteiger partial charge in [-0.2, -0.15) is 8.78 Å². The van der Waals surface area contributed by atoms with E-state index in [0.717, 1.165) is 23.8 Å². The van der Waals surface area contributed by atoms with Gasteiger partial charge in [0.05, 0.1) is 0 Å². The first-order valence-electron chi connectivity index (χ1n) is 10.3. The van der Waals surface area contributed by atoms with Gasteiger partial charge in [0, 0.05) is 16.7 Å². The van der Waals surface area contributed by atoms with E-state index in [1.165, 1.54) is 30.3 Å². The molecule has 3 aromatic rings. The van der Waals surface area contributed by atoms with Crippen LogP contribution >= 0.6 is 0 Å². The molecular weight excluding hydrogens is 439 g/mol. The summed E-state index contributed by atoms with van der Waals surface area (Å²) in [6.07, 6.45) is 6.84. The molecule has 170 valence electrons. The second kappa shape index (κ2) is 9.10. The van der Waals surface area contributed by atoms with Crippen molar-refractivity contribution in [2.24, 2.45) is 5.92 Å². The van der Waals surface area contributed by atoms with E-state index < -0.39 is 40.6 Å². The van der Waals surface area contributed by atoms with E-state index in [4.69, 9.17) is 0 Å². The monoisotopic (exact) mass is 458 g/mol. The zero-order valence-corrected chi connectivity index (χ0v) is 17.3. The molecule has 1 aliphatic carbocycles. The number of hydrogen-bond acceptors (Lipinski definition) is 2. The van der Waals surface area contributed by atoms with Crippen LogP contribution in [0.15, 0.2) is 54.6 Å². The Labute approximate surface area is 186 Å². The molecule has 0 saturated heterocycles. The number of benzene rings is 3. The number of halogens is 5. The molecular formula is C26H19F5O2. The first-order valence-corrected chi connectivity index (χ1v) is 10.3. The second-order valence-electron chi connectivity index (χ2n) is 7.88. The maximum Gasteiger partial charge on any atom is 0.200 e. The second-order valence-corrected chi connectivity index (χ2v) is 7.88. The van der Waals surface area contributed by atoms with Crippen LogP contribution in [0.25, 0.3) is 22.8 Å². The van der Waals surface area contributed by atoms with Crippen LogP contribution in [-0.2, 0) is 0 Å². The van der Waals surface area contributed by atoms with Crippen LogP contribution in [0.1, 0.15) is 30.4 Å². The minimum atomic E-state index is -1.39. The van der Waals surface area contributed by atoms with Gasteiger partial charge in [-0.05, 0) is 66.6 Å². The molecule has 0 aromatic heterocycles. The Bertz CT molecular complexity index is 1280. The number of hydrogen-bond donors (Lipinski definition) is 2. The summed E-state index contributed by atoms with van der Waals surface area (Å²) >= 11 is 0. The smallest absolute Gasteiger partial charge is 0.200 e. The third-order valence-electron chi connectivity index (χ3n) is 5.78. The molecule has 1 atom stereocenters. The summed E-state index contributed by atoms with van der Waals surface area (Å²) in [5, 5.41) is 18.5. The standard InChI is InChI=1S/C26H19F5O2/c27-20-13-17(19-10-12-22(33)26(31)24(19)29)7-9-18(20)15-4-1-14(2-5-15)3-6-16-8-11-21(32)25(30)23(16)28/h3-4,6-14,32-33H,1-2,5H2/b6-3+. The van der Waals surface area contributed by atoms with Crippen molar-refractivity contribution in [1.82, 2.24) is 0 Å². The van der Waals surface area contributed by atoms with E-state index in [-0.39, 0.29) is 22.6 Å². The van der Waals surface area contributed by atoms with Crippen molar-refractivity contribution >= 4 is 11.6 Å². The van der Waals surface area contributed by atoms with Gasteiger partial charge in [-0.3, -0.25) is 0 Å². The van der Waals surface area contributed by atoms with Crippen molar-refractivity contribution in [3.05, 3.63) is 94.8 Å². The summed E-state index contributed by atoms with van der Waals surface area (Å²) in [6, 6.07) is 8.68. The van der Waals surface area contributed by atoms with Crippen molar-refractivity contribution in [3.8, 4) is 22.6 Å². The predicted octanol–water partition coefficient (Wildman–Crippen LogP) is 7.36. The van der Waals surface area contributed by atoms with Crippen LogP contribution in [0, 0.1) is 35.0 Å². The molecule has 1 unspecified atom stereocenters. The molecule has 0 fully saturated rings. The fraction of sp³-hybridized carbons (Fsp3) is 0.154. The normalized spacial score (nSPS) is 16.3. The van der Waals surface area contributed by atoms with Crippen molar-refractivity contribution in [3.63, 3.8) is 0 Å². The fourth-order valence-corrected chi connectivity index (χ4v) is 3.90. The van der Waals surface area contributed by atoms with Crippen LogP contribution in [-0.4, -0.2) is 10.2 Å². The third kappa shape index (κ3) is 4.49. The van der Waals surface area contributed by atoms with E-state index in [9.17, 15) is 32.2 Å². The van der Waals surface area contributed by atoms with Crippen molar-refractivity contribution in [2.75, 3.05) is 0 Å². The molecule has 1 aliphatic rings. The van der Waals surface area contributed by atoms with E-state index in [2.05, 4.69) is 0 Å². The maximum atomic E-state index is 14.8. The zero-order chi connectivity index (χ0) is 23.7. The Morgan fingerprint density at radius 2 is 1.42 bits per heavy atom. The summed E-state index contributed by atoms with van der Waals surface area (Å²) in [5.41, 5.74) is 1.14. The van der Waals surface area contributed by atoms with Gasteiger partial charge in [0.2, 0.25) is 11.6 Å². The topological polar surface area (TPSA) is 40.5 Å². The highest BCUT2D eigenvalue weighted by Crippen LogP contribution is 2.35. The number of rotatable bonds is 4. The van der Waals surface area contributed by atoms with Crippen LogP contribution in [0.3, 0.4) is 0 Å². The first kappa shape index (κ1) is 22.6. The molecule has 0 saturated carbocycles. The fourth-order valence-electron chi connectivity index (χ4n) is 3.90. The lowest BCUT2D eigenvalue weighted by atomic mass is 9.85. The highest BCUT2D eigenvalue weighted by atomic mass is 19.2. The summed E-state index contributed by atoms with van der Waals surface area (Å²) in [6.45, 7) is 0.